The summed E-state index contributed by atoms with van der Waals surface area (Å²) in [6.45, 7) is 0. The van der Waals surface area contributed by atoms with E-state index < -0.39 is 0 Å². The Balaban J connectivity index is 2.36. The third kappa shape index (κ3) is 2.41. The van der Waals surface area contributed by atoms with Gasteiger partial charge >= 0.3 is 0 Å². The van der Waals surface area contributed by atoms with Gasteiger partial charge in [0.1, 0.15) is 0 Å². The van der Waals surface area contributed by atoms with Gasteiger partial charge in [-0.25, -0.2) is 0 Å². The number of piperidine rings is 1. The van der Waals surface area contributed by atoms with Crippen molar-refractivity contribution in [2.45, 2.75) is 24.9 Å². The monoisotopic (exact) mass is 272 g/mol. The van der Waals surface area contributed by atoms with Crippen LogP contribution in [0.1, 0.15) is 24.4 Å². The van der Waals surface area contributed by atoms with Crippen molar-refractivity contribution in [2.75, 3.05) is 7.05 Å². The highest BCUT2D eigenvalue weighted by molar-refractivity contribution is 6.42. The summed E-state index contributed by atoms with van der Waals surface area (Å²) in [5.74, 6) is 0.114. The van der Waals surface area contributed by atoms with Gasteiger partial charge in [-0.15, -0.1) is 0 Å². The molecule has 0 spiro atoms. The average molecular weight is 273 g/mol. The summed E-state index contributed by atoms with van der Waals surface area (Å²) < 4.78 is 0. The summed E-state index contributed by atoms with van der Waals surface area (Å²) in [5, 5.41) is 0.997. The first-order valence-corrected chi connectivity index (χ1v) is 6.22. The summed E-state index contributed by atoms with van der Waals surface area (Å²) in [6.07, 6.45) is 1.21. The maximum absolute atomic E-state index is 11.7. The highest BCUT2D eigenvalue weighted by atomic mass is 35.5. The number of hydrogen-bond acceptors (Lipinski definition) is 2. The Morgan fingerprint density at radius 1 is 1.35 bits per heavy atom. The fourth-order valence-electron chi connectivity index (χ4n) is 2.23. The Bertz CT molecular complexity index is 450. The van der Waals surface area contributed by atoms with E-state index in [1.54, 1.807) is 24.1 Å². The van der Waals surface area contributed by atoms with E-state index in [2.05, 4.69) is 0 Å². The smallest absolute Gasteiger partial charge is 0.222 e. The third-order valence-corrected chi connectivity index (χ3v) is 3.93. The van der Waals surface area contributed by atoms with Crippen molar-refractivity contribution < 1.29 is 4.79 Å². The molecule has 1 aliphatic heterocycles. The Labute approximate surface area is 110 Å². The number of hydrogen-bond donors (Lipinski definition) is 1. The molecule has 1 amide bonds. The first kappa shape index (κ1) is 12.7. The van der Waals surface area contributed by atoms with E-state index in [4.69, 9.17) is 28.9 Å². The van der Waals surface area contributed by atoms with E-state index in [0.717, 1.165) is 5.56 Å². The van der Waals surface area contributed by atoms with E-state index in [1.165, 1.54) is 0 Å². The predicted octanol–water partition coefficient (Wildman–Crippen LogP) is 2.61. The number of rotatable bonds is 1. The van der Waals surface area contributed by atoms with Crippen LogP contribution in [0.2, 0.25) is 10.0 Å². The first-order valence-electron chi connectivity index (χ1n) is 5.47. The van der Waals surface area contributed by atoms with Crippen LogP contribution in [-0.2, 0) is 4.79 Å². The molecule has 2 atom stereocenters. The third-order valence-electron chi connectivity index (χ3n) is 3.19. The van der Waals surface area contributed by atoms with Crippen LogP contribution in [0.25, 0.3) is 0 Å². The van der Waals surface area contributed by atoms with Crippen LogP contribution in [0.3, 0.4) is 0 Å². The van der Waals surface area contributed by atoms with E-state index in [9.17, 15) is 4.79 Å². The van der Waals surface area contributed by atoms with E-state index in [-0.39, 0.29) is 18.0 Å². The molecule has 2 unspecified atom stereocenters. The number of nitrogens with zero attached hydrogens (tertiary/aromatic N) is 1. The zero-order valence-corrected chi connectivity index (χ0v) is 11.0. The molecule has 5 heteroatoms. The molecule has 17 heavy (non-hydrogen) atoms. The lowest BCUT2D eigenvalue weighted by molar-refractivity contribution is -0.135. The second kappa shape index (κ2) is 4.84. The van der Waals surface area contributed by atoms with Gasteiger partial charge in [-0.05, 0) is 24.1 Å². The average Bonchev–Trinajstić information content (AvgIpc) is 2.29. The lowest BCUT2D eigenvalue weighted by atomic mass is 9.91. The van der Waals surface area contributed by atoms with Crippen LogP contribution in [0.4, 0.5) is 0 Å². The van der Waals surface area contributed by atoms with Crippen LogP contribution in [-0.4, -0.2) is 23.9 Å². The molecule has 0 bridgehead atoms. The Morgan fingerprint density at radius 3 is 2.71 bits per heavy atom. The minimum Gasteiger partial charge on any atom is -0.337 e. The van der Waals surface area contributed by atoms with Crippen molar-refractivity contribution in [2.24, 2.45) is 5.73 Å². The van der Waals surface area contributed by atoms with Gasteiger partial charge in [0.05, 0.1) is 16.1 Å². The van der Waals surface area contributed by atoms with Crippen molar-refractivity contribution in [1.82, 2.24) is 4.90 Å². The molecular formula is C12H14Cl2N2O. The molecule has 2 N–H and O–H groups in total. The molecule has 3 nitrogen and oxygen atoms in total. The number of likely N-dealkylation sites (tertiary alicyclic amines) is 1. The van der Waals surface area contributed by atoms with Crippen LogP contribution < -0.4 is 5.73 Å². The molecule has 1 fully saturated rings. The molecule has 0 aromatic heterocycles. The van der Waals surface area contributed by atoms with Crippen molar-refractivity contribution in [3.8, 4) is 0 Å². The number of carbonyl (C=O) groups excluding carboxylic acids is 1. The molecule has 2 rings (SSSR count). The molecule has 0 saturated carbocycles. The molecule has 1 heterocycles. The highest BCUT2D eigenvalue weighted by Gasteiger charge is 2.32. The summed E-state index contributed by atoms with van der Waals surface area (Å²) in [7, 11) is 1.77. The van der Waals surface area contributed by atoms with Crippen LogP contribution in [0.5, 0.6) is 0 Å². The van der Waals surface area contributed by atoms with Gasteiger partial charge in [-0.1, -0.05) is 29.3 Å². The number of nitrogens with two attached hydrogens (primary N) is 1. The minimum absolute atomic E-state index is 0.0602. The molecule has 0 aliphatic carbocycles. The van der Waals surface area contributed by atoms with Gasteiger partial charge < -0.3 is 10.6 Å². The van der Waals surface area contributed by atoms with E-state index in [0.29, 0.717) is 22.9 Å². The van der Waals surface area contributed by atoms with Gasteiger partial charge in [0, 0.05) is 19.5 Å². The van der Waals surface area contributed by atoms with Gasteiger partial charge in [0.2, 0.25) is 5.91 Å². The van der Waals surface area contributed by atoms with Crippen molar-refractivity contribution in [3.05, 3.63) is 33.8 Å². The number of carbonyl (C=O) groups is 1. The van der Waals surface area contributed by atoms with E-state index >= 15 is 0 Å². The number of amides is 1. The normalized spacial score (nSPS) is 25.2. The number of halogens is 2. The zero-order chi connectivity index (χ0) is 12.6. The van der Waals surface area contributed by atoms with Crippen LogP contribution >= 0.6 is 23.2 Å². The van der Waals surface area contributed by atoms with Crippen molar-refractivity contribution in [1.29, 1.82) is 0 Å². The molecule has 1 aliphatic rings. The summed E-state index contributed by atoms with van der Waals surface area (Å²) in [6, 6.07) is 5.21. The fraction of sp³-hybridized carbons (Fsp3) is 0.417. The van der Waals surface area contributed by atoms with Crippen LogP contribution in [0, 0.1) is 0 Å². The lowest BCUT2D eigenvalue weighted by Gasteiger charge is -2.37. The molecule has 1 aromatic carbocycles. The quantitative estimate of drug-likeness (QED) is 0.854. The summed E-state index contributed by atoms with van der Waals surface area (Å²) in [4.78, 5) is 13.4. The van der Waals surface area contributed by atoms with Gasteiger partial charge in [-0.2, -0.15) is 0 Å². The zero-order valence-electron chi connectivity index (χ0n) is 9.49. The molecule has 0 radical (unpaired) electrons. The van der Waals surface area contributed by atoms with Crippen LogP contribution in [0.15, 0.2) is 18.2 Å². The summed E-state index contributed by atoms with van der Waals surface area (Å²) in [5.41, 5.74) is 7.01. The second-order valence-electron chi connectivity index (χ2n) is 4.33. The second-order valence-corrected chi connectivity index (χ2v) is 5.14. The number of benzene rings is 1. The van der Waals surface area contributed by atoms with Crippen molar-refractivity contribution in [3.63, 3.8) is 0 Å². The number of likely N-dealkylation sites (N-methyl/N-ethyl adjacent to an activating group) is 1. The largest absolute Gasteiger partial charge is 0.337 e. The maximum atomic E-state index is 11.7. The lowest BCUT2D eigenvalue weighted by Crippen LogP contribution is -2.46. The Kier molecular flexibility index (Phi) is 3.61. The molecule has 1 saturated heterocycles. The first-order chi connectivity index (χ1) is 8.00. The molecule has 92 valence electrons. The molecule has 1 aromatic rings. The summed E-state index contributed by atoms with van der Waals surface area (Å²) >= 11 is 11.9. The highest BCUT2D eigenvalue weighted by Crippen LogP contribution is 2.33. The topological polar surface area (TPSA) is 46.3 Å². The minimum atomic E-state index is -0.119. The molecular weight excluding hydrogens is 259 g/mol. The van der Waals surface area contributed by atoms with Gasteiger partial charge in [-0.3, -0.25) is 4.79 Å². The van der Waals surface area contributed by atoms with Crippen molar-refractivity contribution >= 4 is 29.1 Å². The Hall–Kier alpha value is -0.770. The van der Waals surface area contributed by atoms with Gasteiger partial charge in [0.15, 0.2) is 0 Å². The maximum Gasteiger partial charge on any atom is 0.222 e. The SMILES string of the molecule is CN1C(=O)CCC(N)C1c1ccc(Cl)c(Cl)c1. The standard InChI is InChI=1S/C12H14Cl2N2O/c1-16-11(17)5-4-10(15)12(16)7-2-3-8(13)9(14)6-7/h2-3,6,10,12H,4-5,15H2,1H3. The van der Waals surface area contributed by atoms with E-state index in [1.807, 2.05) is 6.07 Å². The predicted molar refractivity (Wildman–Crippen MR) is 69.2 cm³/mol. The fourth-order valence-corrected chi connectivity index (χ4v) is 2.54. The Morgan fingerprint density at radius 2 is 2.06 bits per heavy atom. The van der Waals surface area contributed by atoms with Gasteiger partial charge in [0.25, 0.3) is 0 Å².